The Labute approximate surface area is 186 Å². The van der Waals surface area contributed by atoms with Crippen molar-refractivity contribution in [1.29, 1.82) is 0 Å². The third kappa shape index (κ3) is 5.16. The molecule has 1 aliphatic rings. The maximum absolute atomic E-state index is 13.1. The predicted octanol–water partition coefficient (Wildman–Crippen LogP) is 7.25. The highest BCUT2D eigenvalue weighted by atomic mass is 32.5. The molecule has 3 aromatic rings. The molecule has 1 aliphatic carbocycles. The van der Waals surface area contributed by atoms with Crippen LogP contribution in [0.2, 0.25) is 0 Å². The van der Waals surface area contributed by atoms with Gasteiger partial charge in [0.2, 0.25) is 0 Å². The van der Waals surface area contributed by atoms with E-state index in [-0.39, 0.29) is 23.4 Å². The molecule has 0 amide bonds. The Hall–Kier alpha value is -3.01. The number of nitrogens with one attached hydrogen (secondary N) is 1. The van der Waals surface area contributed by atoms with E-state index in [4.69, 9.17) is 0 Å². The van der Waals surface area contributed by atoms with Crippen LogP contribution in [0.1, 0.15) is 48.2 Å². The molecule has 1 saturated carbocycles. The summed E-state index contributed by atoms with van der Waals surface area (Å²) in [6, 6.07) is 12.6. The molecule has 0 unspecified atom stereocenters. The molecular weight excluding hydrogens is 463 g/mol. The van der Waals surface area contributed by atoms with Crippen molar-refractivity contribution >= 4 is 16.0 Å². The topological polar surface area (TPSA) is 62.8 Å². The molecule has 1 N–H and O–H groups in total. The molecule has 0 bridgehead atoms. The van der Waals surface area contributed by atoms with Crippen molar-refractivity contribution in [1.82, 2.24) is 9.97 Å². The van der Waals surface area contributed by atoms with Crippen LogP contribution in [0.4, 0.5) is 19.4 Å². The van der Waals surface area contributed by atoms with Crippen LogP contribution in [0, 0.1) is 5.41 Å². The monoisotopic (exact) mass is 484 g/mol. The first-order valence-electron chi connectivity index (χ1n) is 10.2. The Morgan fingerprint density at radius 3 is 2.18 bits per heavy atom. The van der Waals surface area contributed by atoms with Crippen LogP contribution in [-0.2, 0) is 0 Å². The summed E-state index contributed by atoms with van der Waals surface area (Å²) >= 11 is 0. The van der Waals surface area contributed by atoms with Gasteiger partial charge in [0.05, 0.1) is 0 Å². The van der Waals surface area contributed by atoms with Crippen LogP contribution in [-0.4, -0.2) is 15.8 Å². The number of benzene rings is 2. The van der Waals surface area contributed by atoms with Gasteiger partial charge in [-0.2, -0.15) is 0 Å². The summed E-state index contributed by atoms with van der Waals surface area (Å²) in [5, 5.41) is 0. The molecule has 4 rings (SSSR count). The van der Waals surface area contributed by atoms with Crippen molar-refractivity contribution in [2.75, 3.05) is 0 Å². The Morgan fingerprint density at radius 1 is 1.03 bits per heavy atom. The van der Waals surface area contributed by atoms with E-state index in [1.807, 2.05) is 6.92 Å². The Bertz CT molecular complexity index is 1270. The number of hydrogen-bond acceptors (Lipinski definition) is 3. The van der Waals surface area contributed by atoms with Gasteiger partial charge in [-0.15, -0.1) is 0 Å². The molecule has 2 aromatic carbocycles. The summed E-state index contributed by atoms with van der Waals surface area (Å²) in [5.41, 5.74) is 0.0516. The van der Waals surface area contributed by atoms with Crippen molar-refractivity contribution in [2.24, 2.45) is 5.41 Å². The normalized spacial score (nSPS) is 18.1. The van der Waals surface area contributed by atoms with Gasteiger partial charge in [0.25, 0.3) is 5.56 Å². The largest absolute Gasteiger partial charge is 0.310 e. The lowest BCUT2D eigenvalue weighted by molar-refractivity contribution is 0.0957. The van der Waals surface area contributed by atoms with Crippen LogP contribution in [0.3, 0.4) is 0 Å². The van der Waals surface area contributed by atoms with Crippen molar-refractivity contribution in [3.63, 3.8) is 0 Å². The van der Waals surface area contributed by atoms with Crippen LogP contribution in [0.15, 0.2) is 70.4 Å². The highest BCUT2D eigenvalue weighted by Gasteiger charge is 2.65. The lowest BCUT2D eigenvalue weighted by atomic mass is 9.80. The maximum Gasteiger partial charge on any atom is 0.310 e. The molecule has 33 heavy (non-hydrogen) atoms. The lowest BCUT2D eigenvalue weighted by Gasteiger charge is -2.40. The standard InChI is InChI=1S/C23H21F5N2O2S/c1-23(11-12-23)18(15-7-9-17(10-8-15)33(24,25,26,27)28)13-20(31)19-14-21(32)30-22(29-19)16-5-3-2-4-6-16/h2-10,14,18H,11-13H2,1H3,(H,29,30,32)/t18-/m0/s1. The van der Waals surface area contributed by atoms with E-state index in [1.165, 1.54) is 0 Å². The number of H-pyrrole nitrogens is 1. The van der Waals surface area contributed by atoms with E-state index in [2.05, 4.69) is 9.97 Å². The quantitative estimate of drug-likeness (QED) is 0.284. The van der Waals surface area contributed by atoms with Crippen molar-refractivity contribution in [2.45, 2.75) is 37.0 Å². The molecule has 0 spiro atoms. The van der Waals surface area contributed by atoms with E-state index >= 15 is 0 Å². The first-order chi connectivity index (χ1) is 15.1. The van der Waals surface area contributed by atoms with Gasteiger partial charge in [-0.25, -0.2) is 4.98 Å². The number of nitrogens with zero attached hydrogens (tertiary/aromatic N) is 1. The van der Waals surface area contributed by atoms with Gasteiger partial charge in [-0.05, 0) is 41.9 Å². The zero-order valence-corrected chi connectivity index (χ0v) is 18.4. The van der Waals surface area contributed by atoms with Crippen LogP contribution in [0.5, 0.6) is 0 Å². The minimum Gasteiger partial charge on any atom is -0.306 e. The second kappa shape index (κ2) is 6.99. The minimum absolute atomic E-state index is 0.0597. The summed E-state index contributed by atoms with van der Waals surface area (Å²) in [5.74, 6) is -0.729. The number of carbonyl (C=O) groups excluding carboxylic acids is 1. The highest BCUT2D eigenvalue weighted by Crippen LogP contribution is 3.02. The number of Topliss-reactive ketones (excluding diaryl/α,β-unsaturated/α-hetero) is 1. The number of aromatic amines is 1. The minimum atomic E-state index is -9.78. The third-order valence-corrected chi connectivity index (χ3v) is 7.23. The number of halogens is 5. The van der Waals surface area contributed by atoms with Crippen molar-refractivity contribution < 1.29 is 24.2 Å². The molecule has 4 nitrogen and oxygen atoms in total. The molecule has 176 valence electrons. The number of ketones is 1. The van der Waals surface area contributed by atoms with Crippen molar-refractivity contribution in [3.8, 4) is 11.4 Å². The van der Waals surface area contributed by atoms with Gasteiger partial charge in [0.1, 0.15) is 16.4 Å². The van der Waals surface area contributed by atoms with Gasteiger partial charge >= 0.3 is 10.2 Å². The summed E-state index contributed by atoms with van der Waals surface area (Å²) < 4.78 is 65.4. The summed E-state index contributed by atoms with van der Waals surface area (Å²) in [6.07, 6.45) is 1.37. The van der Waals surface area contributed by atoms with Gasteiger partial charge in [0.15, 0.2) is 5.78 Å². The Morgan fingerprint density at radius 2 is 1.64 bits per heavy atom. The van der Waals surface area contributed by atoms with Gasteiger partial charge < -0.3 is 4.98 Å². The van der Waals surface area contributed by atoms with Gasteiger partial charge in [-0.3, -0.25) is 9.59 Å². The zero-order chi connectivity index (χ0) is 24.1. The van der Waals surface area contributed by atoms with Crippen molar-refractivity contribution in [3.05, 3.63) is 82.3 Å². The number of rotatable bonds is 7. The lowest BCUT2D eigenvalue weighted by Crippen LogP contribution is -2.19. The number of aromatic nitrogens is 2. The van der Waals surface area contributed by atoms with E-state index in [0.29, 0.717) is 23.3 Å². The fraction of sp³-hybridized carbons (Fsp3) is 0.261. The second-order valence-corrected chi connectivity index (χ2v) is 11.1. The predicted molar refractivity (Wildman–Crippen MR) is 117 cm³/mol. The van der Waals surface area contributed by atoms with E-state index < -0.39 is 32.4 Å². The van der Waals surface area contributed by atoms with Crippen LogP contribution >= 0.6 is 10.2 Å². The first kappa shape index (κ1) is 23.2. The highest BCUT2D eigenvalue weighted by molar-refractivity contribution is 8.45. The Balaban J connectivity index is 1.64. The summed E-state index contributed by atoms with van der Waals surface area (Å²) in [6.45, 7) is 1.89. The molecule has 1 fully saturated rings. The molecule has 1 atom stereocenters. The van der Waals surface area contributed by atoms with Crippen LogP contribution in [0.25, 0.3) is 11.4 Å². The third-order valence-electron chi connectivity index (χ3n) is 6.07. The van der Waals surface area contributed by atoms with Gasteiger partial charge in [-0.1, -0.05) is 68.8 Å². The van der Waals surface area contributed by atoms with E-state index in [9.17, 15) is 29.0 Å². The molecule has 0 saturated heterocycles. The molecule has 0 radical (unpaired) electrons. The SMILES string of the molecule is CC1([C@@H](CC(=O)c2cc(=O)[nH]c(-c3ccccc3)n2)c2ccc(S(F)(F)(F)(F)F)cc2)CC1. The number of carbonyl (C=O) groups is 1. The Kier molecular flexibility index (Phi) is 4.91. The average molecular weight is 484 g/mol. The molecular formula is C23H21F5N2O2S. The fourth-order valence-corrected chi connectivity index (χ4v) is 4.54. The molecule has 0 aliphatic heterocycles. The second-order valence-electron chi connectivity index (χ2n) is 8.72. The van der Waals surface area contributed by atoms with E-state index in [0.717, 1.165) is 31.0 Å². The zero-order valence-electron chi connectivity index (χ0n) is 17.5. The average Bonchev–Trinajstić information content (AvgIpc) is 3.48. The summed E-state index contributed by atoms with van der Waals surface area (Å²) in [7, 11) is -9.78. The van der Waals surface area contributed by atoms with Gasteiger partial charge in [0, 0.05) is 18.1 Å². The van der Waals surface area contributed by atoms with E-state index in [1.54, 1.807) is 30.3 Å². The smallest absolute Gasteiger partial charge is 0.306 e. The molecule has 1 heterocycles. The van der Waals surface area contributed by atoms with Crippen LogP contribution < -0.4 is 5.56 Å². The summed E-state index contributed by atoms with van der Waals surface area (Å²) in [4.78, 5) is 30.1. The maximum atomic E-state index is 13.1. The first-order valence-corrected chi connectivity index (χ1v) is 12.1. The fourth-order valence-electron chi connectivity index (χ4n) is 3.89. The molecule has 1 aromatic heterocycles. The molecule has 10 heteroatoms. The number of hydrogen-bond donors (Lipinski definition) is 1.